The van der Waals surface area contributed by atoms with Gasteiger partial charge in [0.15, 0.2) is 0 Å². The monoisotopic (exact) mass is 588 g/mol. The topological polar surface area (TPSA) is 100 Å². The van der Waals surface area contributed by atoms with Crippen LogP contribution in [0.2, 0.25) is 0 Å². The molecule has 0 bridgehead atoms. The van der Waals surface area contributed by atoms with E-state index in [4.69, 9.17) is 9.47 Å². The lowest BCUT2D eigenvalue weighted by Gasteiger charge is -2.34. The normalized spacial score (nSPS) is 16.7. The quantitative estimate of drug-likeness (QED) is 0.346. The van der Waals surface area contributed by atoms with Crippen LogP contribution in [0.4, 0.5) is 14.9 Å². The van der Waals surface area contributed by atoms with E-state index in [1.165, 1.54) is 34.7 Å². The van der Waals surface area contributed by atoms with E-state index in [-0.39, 0.29) is 48.3 Å². The number of carbonyl (C=O) groups excluding carboxylic acids is 3. The molecule has 9 nitrogen and oxygen atoms in total. The molecule has 5 rings (SSSR count). The molecule has 1 atom stereocenters. The summed E-state index contributed by atoms with van der Waals surface area (Å²) in [6, 6.07) is 20.1. The second kappa shape index (κ2) is 13.7. The third-order valence-corrected chi connectivity index (χ3v) is 7.83. The molecule has 2 heterocycles. The molecule has 2 aliphatic rings. The van der Waals surface area contributed by atoms with Crippen LogP contribution in [0.5, 0.6) is 11.5 Å². The van der Waals surface area contributed by atoms with Crippen LogP contribution in [0.1, 0.15) is 42.6 Å². The SMILES string of the molecule is CC(C)C(COC(=O)NC1CCN(Cc2ccccc2)CC1)N1CC(=O)Nc2ccc(Oc3ccc(F)cc3)cc2C1=O. The van der Waals surface area contributed by atoms with Gasteiger partial charge < -0.3 is 25.0 Å². The maximum Gasteiger partial charge on any atom is 0.407 e. The number of alkyl carbamates (subject to hydrolysis) is 1. The van der Waals surface area contributed by atoms with Gasteiger partial charge in [-0.1, -0.05) is 44.2 Å². The summed E-state index contributed by atoms with van der Waals surface area (Å²) >= 11 is 0. The minimum Gasteiger partial charge on any atom is -0.457 e. The Kier molecular flexibility index (Phi) is 9.56. The fraction of sp³-hybridized carbons (Fsp3) is 0.364. The molecule has 226 valence electrons. The van der Waals surface area contributed by atoms with Crippen LogP contribution in [0.3, 0.4) is 0 Å². The largest absolute Gasteiger partial charge is 0.457 e. The summed E-state index contributed by atoms with van der Waals surface area (Å²) in [5.74, 6) is -0.456. The molecular formula is C33H37FN4O5. The van der Waals surface area contributed by atoms with Crippen molar-refractivity contribution in [3.8, 4) is 11.5 Å². The van der Waals surface area contributed by atoms with Crippen LogP contribution >= 0.6 is 0 Å². The Morgan fingerprint density at radius 2 is 1.70 bits per heavy atom. The van der Waals surface area contributed by atoms with E-state index in [1.54, 1.807) is 18.2 Å². The fourth-order valence-corrected chi connectivity index (χ4v) is 5.44. The molecule has 43 heavy (non-hydrogen) atoms. The number of likely N-dealkylation sites (tertiary alicyclic amines) is 1. The number of amides is 3. The van der Waals surface area contributed by atoms with Gasteiger partial charge in [0.2, 0.25) is 5.91 Å². The molecule has 0 aromatic heterocycles. The van der Waals surface area contributed by atoms with Gasteiger partial charge in [0.25, 0.3) is 5.91 Å². The smallest absolute Gasteiger partial charge is 0.407 e. The molecule has 3 aromatic rings. The zero-order chi connectivity index (χ0) is 30.3. The van der Waals surface area contributed by atoms with E-state index in [9.17, 15) is 18.8 Å². The van der Waals surface area contributed by atoms with Crippen molar-refractivity contribution in [1.82, 2.24) is 15.1 Å². The number of hydrogen-bond donors (Lipinski definition) is 2. The lowest BCUT2D eigenvalue weighted by molar-refractivity contribution is -0.117. The van der Waals surface area contributed by atoms with Crippen molar-refractivity contribution < 1.29 is 28.2 Å². The Balaban J connectivity index is 1.19. The van der Waals surface area contributed by atoms with Crippen LogP contribution in [-0.2, 0) is 16.1 Å². The van der Waals surface area contributed by atoms with Gasteiger partial charge in [-0.2, -0.15) is 0 Å². The number of halogens is 1. The van der Waals surface area contributed by atoms with Gasteiger partial charge in [0.1, 0.15) is 30.5 Å². The Hall–Kier alpha value is -4.44. The molecule has 0 aliphatic carbocycles. The Labute approximate surface area is 251 Å². The van der Waals surface area contributed by atoms with Crippen molar-refractivity contribution in [2.75, 3.05) is 31.6 Å². The summed E-state index contributed by atoms with van der Waals surface area (Å²) in [7, 11) is 0. The summed E-state index contributed by atoms with van der Waals surface area (Å²) in [6.45, 7) is 6.22. The van der Waals surface area contributed by atoms with Gasteiger partial charge in [-0.3, -0.25) is 14.5 Å². The summed E-state index contributed by atoms with van der Waals surface area (Å²) in [6.07, 6.45) is 1.10. The van der Waals surface area contributed by atoms with Gasteiger partial charge >= 0.3 is 6.09 Å². The summed E-state index contributed by atoms with van der Waals surface area (Å²) in [5.41, 5.74) is 1.88. The van der Waals surface area contributed by atoms with Gasteiger partial charge in [-0.05, 0) is 66.8 Å². The molecule has 3 amide bonds. The van der Waals surface area contributed by atoms with Gasteiger partial charge in [0.05, 0.1) is 17.3 Å². The molecule has 1 fully saturated rings. The second-order valence-corrected chi connectivity index (χ2v) is 11.3. The molecule has 10 heteroatoms. The average Bonchev–Trinajstić information content (AvgIpc) is 3.11. The first-order valence-corrected chi connectivity index (χ1v) is 14.6. The molecule has 0 radical (unpaired) electrons. The highest BCUT2D eigenvalue weighted by Crippen LogP contribution is 2.30. The zero-order valence-electron chi connectivity index (χ0n) is 24.4. The number of hydrogen-bond acceptors (Lipinski definition) is 6. The number of piperidine rings is 1. The lowest BCUT2D eigenvalue weighted by atomic mass is 10.0. The minimum atomic E-state index is -0.538. The van der Waals surface area contributed by atoms with E-state index in [2.05, 4.69) is 27.7 Å². The average molecular weight is 589 g/mol. The van der Waals surface area contributed by atoms with Crippen LogP contribution in [0.25, 0.3) is 0 Å². The molecule has 0 saturated carbocycles. The molecular weight excluding hydrogens is 551 g/mol. The van der Waals surface area contributed by atoms with Crippen molar-refractivity contribution in [1.29, 1.82) is 0 Å². The van der Waals surface area contributed by atoms with Crippen LogP contribution < -0.4 is 15.4 Å². The van der Waals surface area contributed by atoms with Crippen LogP contribution in [0, 0.1) is 11.7 Å². The van der Waals surface area contributed by atoms with E-state index < -0.39 is 12.1 Å². The molecule has 1 saturated heterocycles. The predicted octanol–water partition coefficient (Wildman–Crippen LogP) is 5.43. The first-order valence-electron chi connectivity index (χ1n) is 14.6. The number of rotatable bonds is 9. The number of anilines is 1. The van der Waals surface area contributed by atoms with Gasteiger partial charge in [0, 0.05) is 25.7 Å². The number of fused-ring (bicyclic) bond motifs is 1. The van der Waals surface area contributed by atoms with E-state index in [1.807, 2.05) is 32.0 Å². The molecule has 3 aromatic carbocycles. The number of carbonyl (C=O) groups is 3. The highest BCUT2D eigenvalue weighted by atomic mass is 19.1. The Morgan fingerprint density at radius 3 is 2.40 bits per heavy atom. The van der Waals surface area contributed by atoms with Gasteiger partial charge in [-0.15, -0.1) is 0 Å². The van der Waals surface area contributed by atoms with Crippen molar-refractivity contribution in [3.05, 3.63) is 89.7 Å². The van der Waals surface area contributed by atoms with Crippen molar-refractivity contribution in [2.24, 2.45) is 5.92 Å². The van der Waals surface area contributed by atoms with E-state index in [0.29, 0.717) is 17.2 Å². The van der Waals surface area contributed by atoms with Crippen molar-refractivity contribution >= 4 is 23.6 Å². The first kappa shape index (κ1) is 30.0. The molecule has 1 unspecified atom stereocenters. The zero-order valence-corrected chi connectivity index (χ0v) is 24.4. The molecule has 2 aliphatic heterocycles. The number of nitrogens with zero attached hydrogens (tertiary/aromatic N) is 2. The fourth-order valence-electron chi connectivity index (χ4n) is 5.44. The van der Waals surface area contributed by atoms with E-state index in [0.717, 1.165) is 32.5 Å². The van der Waals surface area contributed by atoms with Gasteiger partial charge in [-0.25, -0.2) is 9.18 Å². The van der Waals surface area contributed by atoms with Crippen molar-refractivity contribution in [2.45, 2.75) is 45.3 Å². The third-order valence-electron chi connectivity index (χ3n) is 7.83. The maximum absolute atomic E-state index is 13.8. The van der Waals surface area contributed by atoms with Crippen LogP contribution in [0.15, 0.2) is 72.8 Å². The maximum atomic E-state index is 13.8. The Morgan fingerprint density at radius 1 is 1.00 bits per heavy atom. The van der Waals surface area contributed by atoms with Crippen molar-refractivity contribution in [3.63, 3.8) is 0 Å². The van der Waals surface area contributed by atoms with Crippen LogP contribution in [-0.4, -0.2) is 66.0 Å². The summed E-state index contributed by atoms with van der Waals surface area (Å²) < 4.78 is 24.7. The highest BCUT2D eigenvalue weighted by molar-refractivity contribution is 6.09. The lowest BCUT2D eigenvalue weighted by Crippen LogP contribution is -2.49. The number of ether oxygens (including phenoxy) is 2. The summed E-state index contributed by atoms with van der Waals surface area (Å²) in [5, 5.41) is 5.75. The predicted molar refractivity (Wildman–Crippen MR) is 160 cm³/mol. The summed E-state index contributed by atoms with van der Waals surface area (Å²) in [4.78, 5) is 43.1. The Bertz CT molecular complexity index is 1420. The second-order valence-electron chi connectivity index (χ2n) is 11.3. The number of nitrogens with one attached hydrogen (secondary N) is 2. The third kappa shape index (κ3) is 7.90. The molecule has 0 spiro atoms. The molecule has 2 N–H and O–H groups in total. The number of benzene rings is 3. The first-order chi connectivity index (χ1) is 20.7. The minimum absolute atomic E-state index is 0.00836. The highest BCUT2D eigenvalue weighted by Gasteiger charge is 2.34. The standard InChI is InChI=1S/C33H37FN4O5/c1-22(2)30(21-42-33(41)35-25-14-16-37(17-15-25)19-23-6-4-3-5-7-23)38-20-31(39)36-29-13-12-27(18-28(29)32(38)40)43-26-10-8-24(34)9-11-26/h3-13,18,22,25,30H,14-17,19-21H2,1-2H3,(H,35,41)(H,36,39). The van der Waals surface area contributed by atoms with E-state index >= 15 is 0 Å².